The molecule has 0 spiro atoms. The number of thioether (sulfide) groups is 1. The van der Waals surface area contributed by atoms with Crippen molar-refractivity contribution < 1.29 is 14.3 Å². The van der Waals surface area contributed by atoms with Gasteiger partial charge >= 0.3 is 0 Å². The number of amides is 2. The molecule has 1 aromatic rings. The van der Waals surface area contributed by atoms with Crippen molar-refractivity contribution in [3.63, 3.8) is 0 Å². The Morgan fingerprint density at radius 1 is 1.48 bits per heavy atom. The fourth-order valence-electron chi connectivity index (χ4n) is 2.15. The maximum atomic E-state index is 12.3. The molecule has 1 aliphatic rings. The number of halogens is 1. The van der Waals surface area contributed by atoms with Gasteiger partial charge in [0.2, 0.25) is 11.8 Å². The zero-order chi connectivity index (χ0) is 17.0. The lowest BCUT2D eigenvalue weighted by Gasteiger charge is -2.21. The van der Waals surface area contributed by atoms with E-state index in [4.69, 9.17) is 16.3 Å². The van der Waals surface area contributed by atoms with Gasteiger partial charge in [-0.05, 0) is 24.1 Å². The fraction of sp³-hybridized carbons (Fsp3) is 0.500. The van der Waals surface area contributed by atoms with E-state index in [1.54, 1.807) is 34.9 Å². The van der Waals surface area contributed by atoms with Gasteiger partial charge in [-0.1, -0.05) is 25.4 Å². The van der Waals surface area contributed by atoms with Crippen LogP contribution >= 0.6 is 23.4 Å². The number of hydrogen-bond acceptors (Lipinski definition) is 4. The lowest BCUT2D eigenvalue weighted by molar-refractivity contribution is -0.134. The van der Waals surface area contributed by atoms with Gasteiger partial charge in [-0.3, -0.25) is 9.59 Å². The smallest absolute Gasteiger partial charge is 0.248 e. The Morgan fingerprint density at radius 2 is 2.22 bits per heavy atom. The predicted octanol–water partition coefficient (Wildman–Crippen LogP) is 3.23. The molecule has 5 nitrogen and oxygen atoms in total. The number of anilines is 1. The Balaban J connectivity index is 2.01. The molecule has 126 valence electrons. The van der Waals surface area contributed by atoms with Crippen molar-refractivity contribution in [3.8, 4) is 5.75 Å². The second kappa shape index (κ2) is 7.93. The highest BCUT2D eigenvalue weighted by atomic mass is 35.5. The molecule has 1 N–H and O–H groups in total. The van der Waals surface area contributed by atoms with Crippen LogP contribution in [-0.4, -0.2) is 41.0 Å². The maximum absolute atomic E-state index is 12.3. The topological polar surface area (TPSA) is 58.6 Å². The van der Waals surface area contributed by atoms with Gasteiger partial charge in [0, 0.05) is 18.4 Å². The van der Waals surface area contributed by atoms with Gasteiger partial charge in [-0.25, -0.2) is 0 Å². The monoisotopic (exact) mass is 356 g/mol. The molecule has 1 unspecified atom stereocenters. The number of ether oxygens (including phenoxy) is 1. The first-order chi connectivity index (χ1) is 10.9. The first kappa shape index (κ1) is 17.9. The molecule has 1 aromatic carbocycles. The van der Waals surface area contributed by atoms with Crippen LogP contribution in [-0.2, 0) is 9.59 Å². The van der Waals surface area contributed by atoms with Gasteiger partial charge in [-0.2, -0.15) is 0 Å². The third-order valence-electron chi connectivity index (χ3n) is 3.36. The summed E-state index contributed by atoms with van der Waals surface area (Å²) in [4.78, 5) is 25.5. The molecule has 23 heavy (non-hydrogen) atoms. The minimum Gasteiger partial charge on any atom is -0.492 e. The van der Waals surface area contributed by atoms with E-state index in [0.717, 1.165) is 0 Å². The van der Waals surface area contributed by atoms with Crippen molar-refractivity contribution in [3.05, 3.63) is 23.2 Å². The van der Waals surface area contributed by atoms with E-state index in [2.05, 4.69) is 19.2 Å². The second-order valence-corrected chi connectivity index (χ2v) is 7.25. The van der Waals surface area contributed by atoms with Crippen LogP contribution in [0.5, 0.6) is 5.75 Å². The third-order valence-corrected chi connectivity index (χ3v) is 4.67. The number of nitrogens with zero attached hydrogens (tertiary/aromatic N) is 1. The quantitative estimate of drug-likeness (QED) is 0.879. The number of rotatable bonds is 5. The van der Waals surface area contributed by atoms with E-state index >= 15 is 0 Å². The van der Waals surface area contributed by atoms with E-state index in [9.17, 15) is 9.59 Å². The van der Waals surface area contributed by atoms with Crippen molar-refractivity contribution in [2.24, 2.45) is 5.92 Å². The summed E-state index contributed by atoms with van der Waals surface area (Å²) in [5.41, 5.74) is 0.595. The Labute approximate surface area is 145 Å². The van der Waals surface area contributed by atoms with Crippen LogP contribution in [0, 0.1) is 5.92 Å². The molecule has 2 rings (SSSR count). The van der Waals surface area contributed by atoms with Crippen LogP contribution in [0.3, 0.4) is 0 Å². The number of carbonyl (C=O) groups excluding carboxylic acids is 2. The summed E-state index contributed by atoms with van der Waals surface area (Å²) >= 11 is 7.76. The molecular formula is C16H21ClN2O3S. The molecule has 1 atom stereocenters. The zero-order valence-electron chi connectivity index (χ0n) is 13.5. The molecule has 0 aromatic heterocycles. The average molecular weight is 357 g/mol. The fourth-order valence-corrected chi connectivity index (χ4v) is 3.60. The lowest BCUT2D eigenvalue weighted by Crippen LogP contribution is -2.43. The summed E-state index contributed by atoms with van der Waals surface area (Å²) in [5.74, 6) is 1.87. The number of carbonyl (C=O) groups is 2. The molecule has 2 amide bonds. The van der Waals surface area contributed by atoms with Crippen LogP contribution < -0.4 is 10.1 Å². The van der Waals surface area contributed by atoms with Crippen LogP contribution in [0.2, 0.25) is 5.02 Å². The molecular weight excluding hydrogens is 336 g/mol. The van der Waals surface area contributed by atoms with E-state index in [0.29, 0.717) is 40.6 Å². The van der Waals surface area contributed by atoms with Gasteiger partial charge in [0.25, 0.3) is 0 Å². The number of nitrogens with one attached hydrogen (secondary N) is 1. The molecule has 0 radical (unpaired) electrons. The number of hydrogen-bond donors (Lipinski definition) is 1. The Hall–Kier alpha value is -1.40. The summed E-state index contributed by atoms with van der Waals surface area (Å²) in [6.07, 6.45) is 0. The third kappa shape index (κ3) is 4.78. The lowest BCUT2D eigenvalue weighted by atomic mass is 10.2. The van der Waals surface area contributed by atoms with Gasteiger partial charge in [0.1, 0.15) is 11.8 Å². The predicted molar refractivity (Wildman–Crippen MR) is 94.0 cm³/mol. The highest BCUT2D eigenvalue weighted by Crippen LogP contribution is 2.29. The minimum absolute atomic E-state index is 0.0920. The first-order valence-electron chi connectivity index (χ1n) is 7.46. The van der Waals surface area contributed by atoms with Gasteiger partial charge < -0.3 is 15.0 Å². The highest BCUT2D eigenvalue weighted by molar-refractivity contribution is 7.99. The van der Waals surface area contributed by atoms with Crippen LogP contribution in [0.4, 0.5) is 5.69 Å². The van der Waals surface area contributed by atoms with Crippen molar-refractivity contribution in [2.75, 3.05) is 23.6 Å². The molecule has 1 saturated heterocycles. The Bertz CT molecular complexity index is 595. The second-order valence-electron chi connectivity index (χ2n) is 5.84. The van der Waals surface area contributed by atoms with Crippen LogP contribution in [0.1, 0.15) is 20.8 Å². The van der Waals surface area contributed by atoms with Crippen molar-refractivity contribution in [1.82, 2.24) is 4.90 Å². The first-order valence-corrected chi connectivity index (χ1v) is 9.00. The van der Waals surface area contributed by atoms with Crippen molar-refractivity contribution in [1.29, 1.82) is 0 Å². The summed E-state index contributed by atoms with van der Waals surface area (Å²) in [6, 6.07) is 4.72. The average Bonchev–Trinajstić information content (AvgIpc) is 2.96. The molecule has 1 fully saturated rings. The molecule has 0 bridgehead atoms. The van der Waals surface area contributed by atoms with Gasteiger partial charge in [-0.15, -0.1) is 11.8 Å². The van der Waals surface area contributed by atoms with Gasteiger partial charge in [0.15, 0.2) is 0 Å². The van der Waals surface area contributed by atoms with Crippen molar-refractivity contribution >= 4 is 40.9 Å². The van der Waals surface area contributed by atoms with Crippen molar-refractivity contribution in [2.45, 2.75) is 26.8 Å². The van der Waals surface area contributed by atoms with E-state index < -0.39 is 6.04 Å². The molecule has 7 heteroatoms. The molecule has 0 aliphatic carbocycles. The summed E-state index contributed by atoms with van der Waals surface area (Å²) in [5, 5.41) is 3.27. The largest absolute Gasteiger partial charge is 0.492 e. The van der Waals surface area contributed by atoms with E-state index in [1.165, 1.54) is 6.92 Å². The minimum atomic E-state index is -0.437. The van der Waals surface area contributed by atoms with Crippen LogP contribution in [0.25, 0.3) is 0 Å². The summed E-state index contributed by atoms with van der Waals surface area (Å²) in [6.45, 7) is 6.17. The molecule has 1 heterocycles. The Kier molecular flexibility index (Phi) is 6.18. The Morgan fingerprint density at radius 3 is 2.83 bits per heavy atom. The van der Waals surface area contributed by atoms with Gasteiger partial charge in [0.05, 0.1) is 17.5 Å². The summed E-state index contributed by atoms with van der Waals surface area (Å²) in [7, 11) is 0. The molecule has 1 aliphatic heterocycles. The zero-order valence-corrected chi connectivity index (χ0v) is 15.0. The van der Waals surface area contributed by atoms with E-state index in [-0.39, 0.29) is 11.8 Å². The maximum Gasteiger partial charge on any atom is 0.248 e. The number of benzene rings is 1. The molecule has 0 saturated carbocycles. The normalized spacial score (nSPS) is 17.4. The SMILES string of the molecule is CC(=O)N1CSCC1C(=O)Nc1ccc(OCC(C)C)c(Cl)c1. The van der Waals surface area contributed by atoms with Crippen LogP contribution in [0.15, 0.2) is 18.2 Å². The van der Waals surface area contributed by atoms with E-state index in [1.807, 2.05) is 0 Å². The standard InChI is InChI=1S/C16H21ClN2O3S/c1-10(2)7-22-15-5-4-12(6-13(15)17)18-16(21)14-8-23-9-19(14)11(3)20/h4-6,10,14H,7-9H2,1-3H3,(H,18,21). The summed E-state index contributed by atoms with van der Waals surface area (Å²) < 4.78 is 5.61. The highest BCUT2D eigenvalue weighted by Gasteiger charge is 2.32.